The monoisotopic (exact) mass is 272 g/mol. The van der Waals surface area contributed by atoms with Crippen LogP contribution in [0.15, 0.2) is 30.3 Å². The molecule has 1 saturated heterocycles. The molecule has 2 aliphatic rings. The highest BCUT2D eigenvalue weighted by molar-refractivity contribution is 5.84. The molecule has 2 fully saturated rings. The number of hydrogen-bond donors (Lipinski definition) is 1. The van der Waals surface area contributed by atoms with E-state index >= 15 is 0 Å². The molecule has 0 radical (unpaired) electrons. The molecule has 3 heteroatoms. The van der Waals surface area contributed by atoms with Gasteiger partial charge in [-0.1, -0.05) is 56.0 Å². The molecule has 2 atom stereocenters. The molecule has 1 aromatic rings. The molecule has 0 aromatic heterocycles. The lowest BCUT2D eigenvalue weighted by molar-refractivity contribution is -0.130. The predicted molar refractivity (Wildman–Crippen MR) is 80.1 cm³/mol. The summed E-state index contributed by atoms with van der Waals surface area (Å²) in [6.45, 7) is 2.86. The second-order valence-electron chi connectivity index (χ2n) is 6.17. The average molecular weight is 272 g/mol. The normalized spacial score (nSPS) is 27.4. The van der Waals surface area contributed by atoms with Crippen LogP contribution in [0, 0.1) is 5.92 Å². The third-order valence-corrected chi connectivity index (χ3v) is 4.74. The molecule has 0 bridgehead atoms. The number of carbonyl (C=O) groups excluding carboxylic acids is 1. The van der Waals surface area contributed by atoms with E-state index in [0.717, 1.165) is 18.9 Å². The molecule has 1 aliphatic heterocycles. The number of amides is 1. The number of benzene rings is 1. The molecule has 1 saturated carbocycles. The number of rotatable bonds is 4. The Hall–Kier alpha value is -1.35. The van der Waals surface area contributed by atoms with E-state index in [2.05, 4.69) is 17.4 Å². The molecule has 1 N–H and O–H groups in total. The number of carbonyl (C=O) groups is 1. The van der Waals surface area contributed by atoms with E-state index in [0.29, 0.717) is 0 Å². The molecule has 3 rings (SSSR count). The summed E-state index contributed by atoms with van der Waals surface area (Å²) in [6, 6.07) is 10.2. The van der Waals surface area contributed by atoms with E-state index < -0.39 is 0 Å². The summed E-state index contributed by atoms with van der Waals surface area (Å²) in [7, 11) is 0. The first-order chi connectivity index (χ1) is 9.75. The van der Waals surface area contributed by atoms with Crippen molar-refractivity contribution in [1.29, 1.82) is 0 Å². The van der Waals surface area contributed by atoms with Gasteiger partial charge in [0, 0.05) is 6.54 Å². The first-order valence-electron chi connectivity index (χ1n) is 7.87. The largest absolute Gasteiger partial charge is 0.322 e. The van der Waals surface area contributed by atoms with Crippen molar-refractivity contribution in [3.63, 3.8) is 0 Å². The van der Waals surface area contributed by atoms with Crippen LogP contribution in [0.2, 0.25) is 0 Å². The summed E-state index contributed by atoms with van der Waals surface area (Å²) in [5.41, 5.74) is 1.19. The lowest BCUT2D eigenvalue weighted by Gasteiger charge is -2.25. The Bertz CT molecular complexity index is 453. The minimum Gasteiger partial charge on any atom is -0.322 e. The number of hydrogen-bond acceptors (Lipinski definition) is 2. The standard InChI is InChI=1S/C17H24N2O/c1-13-17(20)19(12-11-14-7-5-6-8-14)16(18-13)15-9-3-2-4-10-15/h2-4,9-10,13-14,16,18H,5-8,11-12H2,1H3. The maximum absolute atomic E-state index is 12.4. The number of nitrogens with zero attached hydrogens (tertiary/aromatic N) is 1. The van der Waals surface area contributed by atoms with Crippen LogP contribution in [0.1, 0.15) is 50.8 Å². The lowest BCUT2D eigenvalue weighted by atomic mass is 10.0. The summed E-state index contributed by atoms with van der Waals surface area (Å²) in [5, 5.41) is 3.42. The second kappa shape index (κ2) is 5.96. The molecule has 1 aromatic carbocycles. The molecule has 108 valence electrons. The fraction of sp³-hybridized carbons (Fsp3) is 0.588. The van der Waals surface area contributed by atoms with Gasteiger partial charge in [0.25, 0.3) is 0 Å². The Balaban J connectivity index is 1.69. The Kier molecular flexibility index (Phi) is 4.06. The van der Waals surface area contributed by atoms with Crippen LogP contribution in [0.3, 0.4) is 0 Å². The van der Waals surface area contributed by atoms with E-state index in [1.54, 1.807) is 0 Å². The molecule has 1 amide bonds. The van der Waals surface area contributed by atoms with Crippen molar-refractivity contribution in [2.24, 2.45) is 5.92 Å². The van der Waals surface area contributed by atoms with Crippen LogP contribution in [0.5, 0.6) is 0 Å². The molecule has 0 spiro atoms. The lowest BCUT2D eigenvalue weighted by Crippen LogP contribution is -2.32. The minimum atomic E-state index is -0.0659. The van der Waals surface area contributed by atoms with Gasteiger partial charge in [-0.05, 0) is 24.8 Å². The smallest absolute Gasteiger partial charge is 0.241 e. The molecular weight excluding hydrogens is 248 g/mol. The topological polar surface area (TPSA) is 32.3 Å². The van der Waals surface area contributed by atoms with Crippen molar-refractivity contribution < 1.29 is 4.79 Å². The first kappa shape index (κ1) is 13.6. The maximum Gasteiger partial charge on any atom is 0.241 e. The minimum absolute atomic E-state index is 0.0557. The van der Waals surface area contributed by atoms with Crippen LogP contribution in [-0.2, 0) is 4.79 Å². The van der Waals surface area contributed by atoms with Gasteiger partial charge >= 0.3 is 0 Å². The Morgan fingerprint density at radius 2 is 1.90 bits per heavy atom. The van der Waals surface area contributed by atoms with Gasteiger partial charge in [0.15, 0.2) is 0 Å². The van der Waals surface area contributed by atoms with E-state index in [9.17, 15) is 4.79 Å². The third kappa shape index (κ3) is 2.73. The van der Waals surface area contributed by atoms with Crippen molar-refractivity contribution >= 4 is 5.91 Å². The molecule has 1 heterocycles. The highest BCUT2D eigenvalue weighted by Crippen LogP contribution is 2.30. The van der Waals surface area contributed by atoms with Gasteiger partial charge in [-0.2, -0.15) is 0 Å². The molecule has 3 nitrogen and oxygen atoms in total. The SMILES string of the molecule is CC1NC(c2ccccc2)N(CCC2CCCC2)C1=O. The zero-order valence-corrected chi connectivity index (χ0v) is 12.2. The molecular formula is C17H24N2O. The van der Waals surface area contributed by atoms with Crippen molar-refractivity contribution in [3.05, 3.63) is 35.9 Å². The van der Waals surface area contributed by atoms with Crippen LogP contribution in [-0.4, -0.2) is 23.4 Å². The van der Waals surface area contributed by atoms with E-state index in [1.807, 2.05) is 30.0 Å². The van der Waals surface area contributed by atoms with Gasteiger partial charge in [0.05, 0.1) is 6.04 Å². The van der Waals surface area contributed by atoms with Crippen LogP contribution in [0.4, 0.5) is 0 Å². The Labute approximate surface area is 121 Å². The predicted octanol–water partition coefficient (Wildman–Crippen LogP) is 3.09. The molecule has 20 heavy (non-hydrogen) atoms. The van der Waals surface area contributed by atoms with Crippen LogP contribution >= 0.6 is 0 Å². The van der Waals surface area contributed by atoms with E-state index in [1.165, 1.54) is 31.2 Å². The fourth-order valence-electron chi connectivity index (χ4n) is 3.55. The zero-order valence-electron chi connectivity index (χ0n) is 12.2. The summed E-state index contributed by atoms with van der Waals surface area (Å²) < 4.78 is 0. The third-order valence-electron chi connectivity index (χ3n) is 4.74. The van der Waals surface area contributed by atoms with Crippen LogP contribution in [0.25, 0.3) is 0 Å². The van der Waals surface area contributed by atoms with Gasteiger partial charge in [-0.15, -0.1) is 0 Å². The molecule has 2 unspecified atom stereocenters. The Morgan fingerprint density at radius 1 is 1.20 bits per heavy atom. The van der Waals surface area contributed by atoms with Crippen LogP contribution < -0.4 is 5.32 Å². The Morgan fingerprint density at radius 3 is 2.60 bits per heavy atom. The van der Waals surface area contributed by atoms with E-state index in [-0.39, 0.29) is 18.1 Å². The van der Waals surface area contributed by atoms with Crippen molar-refractivity contribution in [2.45, 2.75) is 51.2 Å². The van der Waals surface area contributed by atoms with Crippen molar-refractivity contribution in [1.82, 2.24) is 10.2 Å². The maximum atomic E-state index is 12.4. The fourth-order valence-corrected chi connectivity index (χ4v) is 3.55. The van der Waals surface area contributed by atoms with Gasteiger partial charge in [-0.3, -0.25) is 10.1 Å². The van der Waals surface area contributed by atoms with Gasteiger partial charge in [0.1, 0.15) is 6.17 Å². The highest BCUT2D eigenvalue weighted by atomic mass is 16.2. The van der Waals surface area contributed by atoms with E-state index in [4.69, 9.17) is 0 Å². The summed E-state index contributed by atoms with van der Waals surface area (Å²) in [6.07, 6.45) is 6.65. The average Bonchev–Trinajstić information content (AvgIpc) is 3.08. The highest BCUT2D eigenvalue weighted by Gasteiger charge is 2.36. The zero-order chi connectivity index (χ0) is 13.9. The van der Waals surface area contributed by atoms with Crippen molar-refractivity contribution in [2.75, 3.05) is 6.54 Å². The summed E-state index contributed by atoms with van der Waals surface area (Å²) in [5.74, 6) is 1.08. The second-order valence-corrected chi connectivity index (χ2v) is 6.17. The van der Waals surface area contributed by atoms with Gasteiger partial charge in [-0.25, -0.2) is 0 Å². The quantitative estimate of drug-likeness (QED) is 0.913. The van der Waals surface area contributed by atoms with Gasteiger partial charge in [0.2, 0.25) is 5.91 Å². The van der Waals surface area contributed by atoms with Crippen molar-refractivity contribution in [3.8, 4) is 0 Å². The first-order valence-corrected chi connectivity index (χ1v) is 7.87. The summed E-state index contributed by atoms with van der Waals surface area (Å²) >= 11 is 0. The van der Waals surface area contributed by atoms with Gasteiger partial charge < -0.3 is 4.90 Å². The number of nitrogens with one attached hydrogen (secondary N) is 1. The molecule has 1 aliphatic carbocycles. The summed E-state index contributed by atoms with van der Waals surface area (Å²) in [4.78, 5) is 14.4.